The third kappa shape index (κ3) is 4.10. The van der Waals surface area contributed by atoms with Gasteiger partial charge in [0.1, 0.15) is 11.3 Å². The predicted molar refractivity (Wildman–Crippen MR) is 118 cm³/mol. The molecule has 5 nitrogen and oxygen atoms in total. The van der Waals surface area contributed by atoms with E-state index in [0.29, 0.717) is 11.3 Å². The molecule has 0 aliphatic heterocycles. The van der Waals surface area contributed by atoms with Gasteiger partial charge >= 0.3 is 5.63 Å². The standard InChI is InChI=1S/C25H21NO4/c1-16-7-6-8-17(2)25(16)26-23(27)15-29-19-11-12-20-21(18-9-4-3-5-10-18)14-24(28)30-22(20)13-19/h3-14H,15H2,1-2H3,(H,26,27). The van der Waals surface area contributed by atoms with Crippen molar-refractivity contribution < 1.29 is 13.9 Å². The lowest BCUT2D eigenvalue weighted by atomic mass is 10.0. The highest BCUT2D eigenvalue weighted by atomic mass is 16.5. The van der Waals surface area contributed by atoms with Crippen LogP contribution in [0, 0.1) is 13.8 Å². The lowest BCUT2D eigenvalue weighted by molar-refractivity contribution is -0.118. The van der Waals surface area contributed by atoms with E-state index in [0.717, 1.165) is 33.3 Å². The van der Waals surface area contributed by atoms with Crippen LogP contribution < -0.4 is 15.7 Å². The average molecular weight is 399 g/mol. The number of fused-ring (bicyclic) bond motifs is 1. The zero-order valence-electron chi connectivity index (χ0n) is 16.8. The molecule has 0 aliphatic rings. The number of ether oxygens (including phenoxy) is 1. The second kappa shape index (κ2) is 8.25. The molecule has 1 aromatic heterocycles. The number of anilines is 1. The lowest BCUT2D eigenvalue weighted by Gasteiger charge is -2.12. The Kier molecular flexibility index (Phi) is 5.35. The monoisotopic (exact) mass is 399 g/mol. The minimum Gasteiger partial charge on any atom is -0.484 e. The topological polar surface area (TPSA) is 68.5 Å². The van der Waals surface area contributed by atoms with Gasteiger partial charge in [0.15, 0.2) is 6.61 Å². The quantitative estimate of drug-likeness (QED) is 0.475. The zero-order valence-corrected chi connectivity index (χ0v) is 16.8. The van der Waals surface area contributed by atoms with Gasteiger partial charge in [-0.15, -0.1) is 0 Å². The molecular weight excluding hydrogens is 378 g/mol. The minimum atomic E-state index is -0.439. The number of rotatable bonds is 5. The van der Waals surface area contributed by atoms with Crippen LogP contribution >= 0.6 is 0 Å². The number of amides is 1. The fraction of sp³-hybridized carbons (Fsp3) is 0.120. The summed E-state index contributed by atoms with van der Waals surface area (Å²) < 4.78 is 11.0. The number of aryl methyl sites for hydroxylation is 2. The summed E-state index contributed by atoms with van der Waals surface area (Å²) in [6, 6.07) is 22.2. The second-order valence-electron chi connectivity index (χ2n) is 7.11. The molecule has 4 rings (SSSR count). The smallest absolute Gasteiger partial charge is 0.336 e. The van der Waals surface area contributed by atoms with Crippen LogP contribution in [0.1, 0.15) is 11.1 Å². The van der Waals surface area contributed by atoms with Gasteiger partial charge in [0.05, 0.1) is 0 Å². The Balaban J connectivity index is 1.54. The van der Waals surface area contributed by atoms with Crippen LogP contribution in [-0.2, 0) is 4.79 Å². The van der Waals surface area contributed by atoms with E-state index in [4.69, 9.17) is 9.15 Å². The van der Waals surface area contributed by atoms with Gasteiger partial charge < -0.3 is 14.5 Å². The molecule has 30 heavy (non-hydrogen) atoms. The van der Waals surface area contributed by atoms with Gasteiger partial charge in [-0.3, -0.25) is 4.79 Å². The van der Waals surface area contributed by atoms with Crippen molar-refractivity contribution in [2.75, 3.05) is 11.9 Å². The summed E-state index contributed by atoms with van der Waals surface area (Å²) in [5, 5.41) is 3.69. The van der Waals surface area contributed by atoms with Crippen molar-refractivity contribution >= 4 is 22.6 Å². The lowest BCUT2D eigenvalue weighted by Crippen LogP contribution is -2.21. The Labute approximate surface area is 173 Å². The van der Waals surface area contributed by atoms with Crippen LogP contribution in [-0.4, -0.2) is 12.5 Å². The van der Waals surface area contributed by atoms with E-state index in [1.807, 2.05) is 68.4 Å². The molecule has 0 saturated carbocycles. The van der Waals surface area contributed by atoms with E-state index in [1.165, 1.54) is 6.07 Å². The first-order valence-corrected chi connectivity index (χ1v) is 9.63. The van der Waals surface area contributed by atoms with Gasteiger partial charge in [-0.25, -0.2) is 4.79 Å². The first-order chi connectivity index (χ1) is 14.5. The molecular formula is C25H21NO4. The predicted octanol–water partition coefficient (Wildman–Crippen LogP) is 5.09. The Bertz CT molecular complexity index is 1260. The molecule has 0 spiro atoms. The molecule has 150 valence electrons. The minimum absolute atomic E-state index is 0.151. The van der Waals surface area contributed by atoms with Crippen molar-refractivity contribution in [3.05, 3.63) is 94.3 Å². The summed E-state index contributed by atoms with van der Waals surface area (Å²) in [6.45, 7) is 3.74. The highest BCUT2D eigenvalue weighted by Gasteiger charge is 2.11. The average Bonchev–Trinajstić information content (AvgIpc) is 2.74. The van der Waals surface area contributed by atoms with Crippen LogP contribution in [0.2, 0.25) is 0 Å². The van der Waals surface area contributed by atoms with Crippen LogP contribution in [0.15, 0.2) is 82.0 Å². The Morgan fingerprint density at radius 3 is 2.40 bits per heavy atom. The first-order valence-electron chi connectivity index (χ1n) is 9.63. The van der Waals surface area contributed by atoms with Crippen molar-refractivity contribution in [1.82, 2.24) is 0 Å². The second-order valence-corrected chi connectivity index (χ2v) is 7.11. The van der Waals surface area contributed by atoms with Crippen molar-refractivity contribution in [1.29, 1.82) is 0 Å². The molecule has 0 bridgehead atoms. The molecule has 0 fully saturated rings. The molecule has 0 saturated heterocycles. The largest absolute Gasteiger partial charge is 0.484 e. The maximum Gasteiger partial charge on any atom is 0.336 e. The number of para-hydroxylation sites is 1. The van der Waals surface area contributed by atoms with Gasteiger partial charge in [0.2, 0.25) is 0 Å². The molecule has 0 aliphatic carbocycles. The molecule has 0 radical (unpaired) electrons. The molecule has 0 unspecified atom stereocenters. The summed E-state index contributed by atoms with van der Waals surface area (Å²) in [5.74, 6) is 0.194. The molecule has 5 heteroatoms. The SMILES string of the molecule is Cc1cccc(C)c1NC(=O)COc1ccc2c(-c3ccccc3)cc(=O)oc2c1. The molecule has 4 aromatic rings. The number of nitrogens with one attached hydrogen (secondary N) is 1. The Hall–Kier alpha value is -3.86. The number of carbonyl (C=O) groups excluding carboxylic acids is 1. The van der Waals surface area contributed by atoms with Crippen LogP contribution in [0.5, 0.6) is 5.75 Å². The van der Waals surface area contributed by atoms with E-state index >= 15 is 0 Å². The zero-order chi connectivity index (χ0) is 21.1. The van der Waals surface area contributed by atoms with Crippen LogP contribution in [0.4, 0.5) is 5.69 Å². The number of benzene rings is 3. The summed E-state index contributed by atoms with van der Waals surface area (Å²) in [6.07, 6.45) is 0. The Morgan fingerprint density at radius 1 is 0.933 bits per heavy atom. The van der Waals surface area contributed by atoms with Gasteiger partial charge in [0, 0.05) is 23.2 Å². The maximum atomic E-state index is 12.3. The highest BCUT2D eigenvalue weighted by molar-refractivity contribution is 5.95. The van der Waals surface area contributed by atoms with Crippen molar-refractivity contribution in [2.24, 2.45) is 0 Å². The number of hydrogen-bond acceptors (Lipinski definition) is 4. The van der Waals surface area contributed by atoms with Gasteiger partial charge in [-0.05, 0) is 48.2 Å². The summed E-state index contributed by atoms with van der Waals surface area (Å²) in [7, 11) is 0. The van der Waals surface area contributed by atoms with Crippen molar-refractivity contribution in [3.8, 4) is 16.9 Å². The molecule has 1 N–H and O–H groups in total. The normalized spacial score (nSPS) is 10.7. The Morgan fingerprint density at radius 2 is 1.67 bits per heavy atom. The molecule has 1 amide bonds. The van der Waals surface area contributed by atoms with E-state index in [-0.39, 0.29) is 12.5 Å². The summed E-state index contributed by atoms with van der Waals surface area (Å²) in [4.78, 5) is 24.4. The fourth-order valence-electron chi connectivity index (χ4n) is 3.43. The highest BCUT2D eigenvalue weighted by Crippen LogP contribution is 2.29. The van der Waals surface area contributed by atoms with Gasteiger partial charge in [0.25, 0.3) is 5.91 Å². The van der Waals surface area contributed by atoms with Crippen LogP contribution in [0.25, 0.3) is 22.1 Å². The number of carbonyl (C=O) groups is 1. The molecule has 1 heterocycles. The number of hydrogen-bond donors (Lipinski definition) is 1. The van der Waals surface area contributed by atoms with Crippen molar-refractivity contribution in [3.63, 3.8) is 0 Å². The first kappa shape index (κ1) is 19.5. The van der Waals surface area contributed by atoms with E-state index in [1.54, 1.807) is 12.1 Å². The van der Waals surface area contributed by atoms with Crippen LogP contribution in [0.3, 0.4) is 0 Å². The summed E-state index contributed by atoms with van der Waals surface area (Å²) >= 11 is 0. The van der Waals surface area contributed by atoms with E-state index in [2.05, 4.69) is 5.32 Å². The fourth-order valence-corrected chi connectivity index (χ4v) is 3.43. The third-order valence-electron chi connectivity index (χ3n) is 4.92. The molecule has 0 atom stereocenters. The summed E-state index contributed by atoms with van der Waals surface area (Å²) in [5.41, 5.74) is 4.47. The van der Waals surface area contributed by atoms with Crippen molar-refractivity contribution in [2.45, 2.75) is 13.8 Å². The van der Waals surface area contributed by atoms with E-state index in [9.17, 15) is 9.59 Å². The van der Waals surface area contributed by atoms with Gasteiger partial charge in [-0.2, -0.15) is 0 Å². The van der Waals surface area contributed by atoms with E-state index < -0.39 is 5.63 Å². The van der Waals surface area contributed by atoms with Gasteiger partial charge in [-0.1, -0.05) is 48.5 Å². The maximum absolute atomic E-state index is 12.3. The molecule has 3 aromatic carbocycles. The third-order valence-corrected chi connectivity index (χ3v) is 4.92.